The molecule has 3 nitrogen and oxygen atoms in total. The summed E-state index contributed by atoms with van der Waals surface area (Å²) in [5, 5.41) is 2.91. The SMILES string of the molecule is Cc1cccc(NC(=O)c2cc(C)ccc2C#CCN)c1. The molecule has 0 spiro atoms. The number of hydrogen-bond donors (Lipinski definition) is 2. The second-order valence-electron chi connectivity index (χ2n) is 4.88. The number of nitrogens with two attached hydrogens (primary N) is 1. The van der Waals surface area contributed by atoms with E-state index in [9.17, 15) is 4.79 Å². The van der Waals surface area contributed by atoms with Crippen molar-refractivity contribution in [3.8, 4) is 11.8 Å². The van der Waals surface area contributed by atoms with Gasteiger partial charge in [-0.1, -0.05) is 35.6 Å². The smallest absolute Gasteiger partial charge is 0.256 e. The van der Waals surface area contributed by atoms with Gasteiger partial charge < -0.3 is 11.1 Å². The summed E-state index contributed by atoms with van der Waals surface area (Å²) >= 11 is 0. The van der Waals surface area contributed by atoms with E-state index >= 15 is 0 Å². The first-order valence-corrected chi connectivity index (χ1v) is 6.78. The molecular weight excluding hydrogens is 260 g/mol. The summed E-state index contributed by atoms with van der Waals surface area (Å²) in [4.78, 5) is 12.5. The Labute approximate surface area is 125 Å². The molecule has 0 radical (unpaired) electrons. The molecule has 1 amide bonds. The summed E-state index contributed by atoms with van der Waals surface area (Å²) in [6.45, 7) is 4.21. The lowest BCUT2D eigenvalue weighted by Crippen LogP contribution is -2.14. The van der Waals surface area contributed by atoms with Crippen LogP contribution in [0.3, 0.4) is 0 Å². The van der Waals surface area contributed by atoms with E-state index in [0.717, 1.165) is 16.8 Å². The molecule has 3 N–H and O–H groups in total. The van der Waals surface area contributed by atoms with Crippen LogP contribution in [0, 0.1) is 25.7 Å². The van der Waals surface area contributed by atoms with Gasteiger partial charge in [0.05, 0.1) is 12.1 Å². The van der Waals surface area contributed by atoms with Gasteiger partial charge in [0.2, 0.25) is 0 Å². The van der Waals surface area contributed by atoms with Gasteiger partial charge in [-0.25, -0.2) is 0 Å². The highest BCUT2D eigenvalue weighted by Gasteiger charge is 2.11. The third kappa shape index (κ3) is 3.95. The van der Waals surface area contributed by atoms with Crippen molar-refractivity contribution in [2.45, 2.75) is 13.8 Å². The fraction of sp³-hybridized carbons (Fsp3) is 0.167. The van der Waals surface area contributed by atoms with Gasteiger partial charge in [0.15, 0.2) is 0 Å². The highest BCUT2D eigenvalue weighted by Crippen LogP contribution is 2.15. The van der Waals surface area contributed by atoms with Gasteiger partial charge in [0.1, 0.15) is 0 Å². The second-order valence-corrected chi connectivity index (χ2v) is 4.88. The number of hydrogen-bond acceptors (Lipinski definition) is 2. The van der Waals surface area contributed by atoms with Crippen LogP contribution in [0.4, 0.5) is 5.69 Å². The second kappa shape index (κ2) is 6.74. The highest BCUT2D eigenvalue weighted by atomic mass is 16.1. The van der Waals surface area contributed by atoms with Crippen molar-refractivity contribution in [3.63, 3.8) is 0 Å². The minimum absolute atomic E-state index is 0.161. The third-order valence-corrected chi connectivity index (χ3v) is 3.02. The molecule has 0 aliphatic rings. The lowest BCUT2D eigenvalue weighted by Gasteiger charge is -2.08. The molecule has 0 aliphatic heterocycles. The molecule has 2 aromatic rings. The zero-order chi connectivity index (χ0) is 15.2. The van der Waals surface area contributed by atoms with Gasteiger partial charge in [-0.3, -0.25) is 4.79 Å². The molecule has 0 saturated carbocycles. The molecule has 0 atom stereocenters. The quantitative estimate of drug-likeness (QED) is 0.830. The van der Waals surface area contributed by atoms with Gasteiger partial charge in [-0.15, -0.1) is 0 Å². The number of benzene rings is 2. The van der Waals surface area contributed by atoms with E-state index in [2.05, 4.69) is 17.2 Å². The van der Waals surface area contributed by atoms with Crippen LogP contribution in [0.5, 0.6) is 0 Å². The van der Waals surface area contributed by atoms with E-state index in [1.807, 2.05) is 56.3 Å². The summed E-state index contributed by atoms with van der Waals surface area (Å²) in [5.74, 6) is 5.57. The molecule has 0 aromatic heterocycles. The van der Waals surface area contributed by atoms with Crippen molar-refractivity contribution < 1.29 is 4.79 Å². The predicted octanol–water partition coefficient (Wildman–Crippen LogP) is 2.87. The van der Waals surface area contributed by atoms with Crippen molar-refractivity contribution >= 4 is 11.6 Å². The Morgan fingerprint density at radius 2 is 1.90 bits per heavy atom. The molecule has 0 saturated heterocycles. The Bertz CT molecular complexity index is 723. The molecule has 0 unspecified atom stereocenters. The van der Waals surface area contributed by atoms with Gasteiger partial charge >= 0.3 is 0 Å². The average Bonchev–Trinajstić information content (AvgIpc) is 2.46. The van der Waals surface area contributed by atoms with Gasteiger partial charge in [0.25, 0.3) is 5.91 Å². The maximum Gasteiger partial charge on any atom is 0.256 e. The van der Waals surface area contributed by atoms with Crippen LogP contribution in [0.1, 0.15) is 27.0 Å². The lowest BCUT2D eigenvalue weighted by molar-refractivity contribution is 0.102. The van der Waals surface area contributed by atoms with Crippen LogP contribution in [0.15, 0.2) is 42.5 Å². The van der Waals surface area contributed by atoms with Crippen LogP contribution in [-0.2, 0) is 0 Å². The minimum atomic E-state index is -0.161. The van der Waals surface area contributed by atoms with Crippen molar-refractivity contribution in [1.29, 1.82) is 0 Å². The highest BCUT2D eigenvalue weighted by molar-refractivity contribution is 6.06. The van der Waals surface area contributed by atoms with E-state index in [1.54, 1.807) is 0 Å². The Morgan fingerprint density at radius 1 is 1.14 bits per heavy atom. The molecule has 0 fully saturated rings. The summed E-state index contributed by atoms with van der Waals surface area (Å²) in [6.07, 6.45) is 0. The zero-order valence-corrected chi connectivity index (χ0v) is 12.2. The van der Waals surface area contributed by atoms with E-state index in [0.29, 0.717) is 11.1 Å². The normalized spacial score (nSPS) is 9.67. The maximum absolute atomic E-state index is 12.5. The van der Waals surface area contributed by atoms with E-state index in [4.69, 9.17) is 5.73 Å². The molecular formula is C18H18N2O. The first-order valence-electron chi connectivity index (χ1n) is 6.78. The van der Waals surface area contributed by atoms with Gasteiger partial charge in [-0.05, 0) is 43.7 Å². The van der Waals surface area contributed by atoms with Crippen LogP contribution in [-0.4, -0.2) is 12.5 Å². The Kier molecular flexibility index (Phi) is 4.76. The number of amides is 1. The molecule has 0 aliphatic carbocycles. The van der Waals surface area contributed by atoms with Crippen LogP contribution < -0.4 is 11.1 Å². The molecule has 21 heavy (non-hydrogen) atoms. The number of carbonyl (C=O) groups is 1. The van der Waals surface area contributed by atoms with Crippen molar-refractivity contribution in [2.24, 2.45) is 5.73 Å². The van der Waals surface area contributed by atoms with E-state index in [1.165, 1.54) is 0 Å². The van der Waals surface area contributed by atoms with Crippen molar-refractivity contribution in [3.05, 3.63) is 64.7 Å². The van der Waals surface area contributed by atoms with Crippen LogP contribution >= 0.6 is 0 Å². The van der Waals surface area contributed by atoms with Crippen molar-refractivity contribution in [1.82, 2.24) is 0 Å². The topological polar surface area (TPSA) is 55.1 Å². The zero-order valence-electron chi connectivity index (χ0n) is 12.2. The number of carbonyl (C=O) groups excluding carboxylic acids is 1. The first kappa shape index (κ1) is 14.8. The predicted molar refractivity (Wildman–Crippen MR) is 86.2 cm³/mol. The van der Waals surface area contributed by atoms with Crippen LogP contribution in [0.25, 0.3) is 0 Å². The molecule has 0 bridgehead atoms. The van der Waals surface area contributed by atoms with Gasteiger partial charge in [0, 0.05) is 11.3 Å². The fourth-order valence-electron chi connectivity index (χ4n) is 2.02. The maximum atomic E-state index is 12.5. The number of nitrogens with one attached hydrogen (secondary N) is 1. The van der Waals surface area contributed by atoms with E-state index < -0.39 is 0 Å². The summed E-state index contributed by atoms with van der Waals surface area (Å²) in [7, 11) is 0. The number of aryl methyl sites for hydroxylation is 2. The Balaban J connectivity index is 2.32. The largest absolute Gasteiger partial charge is 0.322 e. The number of rotatable bonds is 2. The monoisotopic (exact) mass is 278 g/mol. The standard InChI is InChI=1S/C18H18N2O/c1-13-5-3-7-16(11-13)20-18(21)17-12-14(2)8-9-15(17)6-4-10-19/h3,5,7-9,11-12H,10,19H2,1-2H3,(H,20,21). The fourth-order valence-corrected chi connectivity index (χ4v) is 2.02. The Morgan fingerprint density at radius 3 is 2.62 bits per heavy atom. The van der Waals surface area contributed by atoms with E-state index in [-0.39, 0.29) is 12.5 Å². The minimum Gasteiger partial charge on any atom is -0.322 e. The molecule has 0 heterocycles. The van der Waals surface area contributed by atoms with Crippen LogP contribution in [0.2, 0.25) is 0 Å². The molecule has 2 rings (SSSR count). The molecule has 106 valence electrons. The molecule has 2 aromatic carbocycles. The molecule has 3 heteroatoms. The Hall–Kier alpha value is -2.57. The summed E-state index contributed by atoms with van der Waals surface area (Å²) < 4.78 is 0. The van der Waals surface area contributed by atoms with Crippen molar-refractivity contribution in [2.75, 3.05) is 11.9 Å². The summed E-state index contributed by atoms with van der Waals surface area (Å²) in [5.41, 5.74) is 9.55. The lowest BCUT2D eigenvalue weighted by atomic mass is 10.0. The first-order chi connectivity index (χ1) is 10.1. The van der Waals surface area contributed by atoms with Gasteiger partial charge in [-0.2, -0.15) is 0 Å². The average molecular weight is 278 g/mol. The third-order valence-electron chi connectivity index (χ3n) is 3.02. The number of anilines is 1. The summed E-state index contributed by atoms with van der Waals surface area (Å²) in [6, 6.07) is 13.3.